The first kappa shape index (κ1) is 9.34. The zero-order valence-corrected chi connectivity index (χ0v) is 8.99. The summed E-state index contributed by atoms with van der Waals surface area (Å²) >= 11 is 0. The van der Waals surface area contributed by atoms with Gasteiger partial charge >= 0.3 is 0 Å². The molecule has 0 aromatic heterocycles. The first-order valence-electron chi connectivity index (χ1n) is 5.68. The Kier molecular flexibility index (Phi) is 2.06. The Morgan fingerprint density at radius 1 is 1.20 bits per heavy atom. The van der Waals surface area contributed by atoms with Gasteiger partial charge in [0.1, 0.15) is 5.82 Å². The van der Waals surface area contributed by atoms with Gasteiger partial charge in [-0.3, -0.25) is 0 Å². The summed E-state index contributed by atoms with van der Waals surface area (Å²) in [6.07, 6.45) is 1.29. The van der Waals surface area contributed by atoms with Crippen LogP contribution in [0.3, 0.4) is 0 Å². The fraction of sp³-hybridized carbons (Fsp3) is 0.538. The van der Waals surface area contributed by atoms with Crippen molar-refractivity contribution in [3.8, 4) is 0 Å². The van der Waals surface area contributed by atoms with Crippen molar-refractivity contribution in [2.45, 2.75) is 12.3 Å². The summed E-state index contributed by atoms with van der Waals surface area (Å²) in [6, 6.07) is 7.08. The van der Waals surface area contributed by atoms with E-state index in [9.17, 15) is 4.39 Å². The monoisotopic (exact) mass is 205 g/mol. The molecule has 0 amide bonds. The van der Waals surface area contributed by atoms with Gasteiger partial charge in [-0.1, -0.05) is 12.1 Å². The largest absolute Gasteiger partial charge is 0.306 e. The van der Waals surface area contributed by atoms with Crippen LogP contribution < -0.4 is 0 Å². The van der Waals surface area contributed by atoms with Gasteiger partial charge in [0.15, 0.2) is 0 Å². The third kappa shape index (κ3) is 1.48. The zero-order valence-electron chi connectivity index (χ0n) is 8.99. The fourth-order valence-corrected chi connectivity index (χ4v) is 3.22. The Bertz CT molecular complexity index is 359. The van der Waals surface area contributed by atoms with Gasteiger partial charge in [0.05, 0.1) is 0 Å². The predicted molar refractivity (Wildman–Crippen MR) is 58.2 cm³/mol. The lowest BCUT2D eigenvalue weighted by Gasteiger charge is -2.40. The third-order valence-electron chi connectivity index (χ3n) is 4.05. The summed E-state index contributed by atoms with van der Waals surface area (Å²) in [5, 5.41) is 0. The van der Waals surface area contributed by atoms with Gasteiger partial charge in [-0.25, -0.2) is 4.39 Å². The van der Waals surface area contributed by atoms with Crippen LogP contribution in [0.1, 0.15) is 17.9 Å². The minimum absolute atomic E-state index is 0.127. The van der Waals surface area contributed by atoms with Crippen LogP contribution in [0.4, 0.5) is 4.39 Å². The maximum absolute atomic E-state index is 12.8. The molecule has 1 aromatic carbocycles. The third-order valence-corrected chi connectivity index (χ3v) is 4.05. The molecular weight excluding hydrogens is 189 g/mol. The van der Waals surface area contributed by atoms with E-state index in [0.29, 0.717) is 5.92 Å². The highest BCUT2D eigenvalue weighted by molar-refractivity contribution is 5.25. The number of halogens is 1. The van der Waals surface area contributed by atoms with Crippen molar-refractivity contribution >= 4 is 0 Å². The smallest absolute Gasteiger partial charge is 0.123 e. The summed E-state index contributed by atoms with van der Waals surface area (Å²) in [7, 11) is 2.19. The molecule has 1 aliphatic heterocycles. The van der Waals surface area contributed by atoms with Crippen LogP contribution in [0.5, 0.6) is 0 Å². The highest BCUT2D eigenvalue weighted by atomic mass is 19.1. The standard InChI is InChI=1S/C13H16FN/c1-15-7-10-6-12(13(10)8-15)9-2-4-11(14)5-3-9/h2-5,10,12-13H,6-8H2,1H3/t10-,12?,13+/m1/s1. The summed E-state index contributed by atoms with van der Waals surface area (Å²) < 4.78 is 12.8. The van der Waals surface area contributed by atoms with Crippen LogP contribution in [-0.2, 0) is 0 Å². The van der Waals surface area contributed by atoms with Crippen LogP contribution in [-0.4, -0.2) is 25.0 Å². The minimum atomic E-state index is -0.127. The Labute approximate surface area is 89.9 Å². The molecule has 3 atom stereocenters. The van der Waals surface area contributed by atoms with Gasteiger partial charge < -0.3 is 4.90 Å². The van der Waals surface area contributed by atoms with Gasteiger partial charge in [-0.05, 0) is 48.9 Å². The maximum atomic E-state index is 12.8. The van der Waals surface area contributed by atoms with Crippen molar-refractivity contribution in [1.29, 1.82) is 0 Å². The molecule has 0 N–H and O–H groups in total. The second-order valence-electron chi connectivity index (χ2n) is 5.04. The van der Waals surface area contributed by atoms with E-state index in [1.165, 1.54) is 25.1 Å². The summed E-state index contributed by atoms with van der Waals surface area (Å²) in [5.41, 5.74) is 1.33. The van der Waals surface area contributed by atoms with Crippen molar-refractivity contribution in [3.05, 3.63) is 35.6 Å². The molecule has 1 unspecified atom stereocenters. The number of nitrogens with zero attached hydrogens (tertiary/aromatic N) is 1. The molecule has 1 heterocycles. The first-order chi connectivity index (χ1) is 7.24. The lowest BCUT2D eigenvalue weighted by Crippen LogP contribution is -2.33. The Morgan fingerprint density at radius 2 is 1.93 bits per heavy atom. The molecule has 80 valence electrons. The lowest BCUT2D eigenvalue weighted by atomic mass is 9.64. The Balaban J connectivity index is 1.77. The van der Waals surface area contributed by atoms with E-state index in [1.807, 2.05) is 12.1 Å². The molecule has 0 bridgehead atoms. The van der Waals surface area contributed by atoms with E-state index in [2.05, 4.69) is 11.9 Å². The van der Waals surface area contributed by atoms with Crippen LogP contribution >= 0.6 is 0 Å². The van der Waals surface area contributed by atoms with E-state index in [0.717, 1.165) is 11.8 Å². The molecule has 2 heteroatoms. The molecular formula is C13H16FN. The normalized spacial score (nSPS) is 34.9. The number of rotatable bonds is 1. The van der Waals surface area contributed by atoms with Crippen molar-refractivity contribution in [1.82, 2.24) is 4.90 Å². The second kappa shape index (κ2) is 3.31. The molecule has 1 nitrogen and oxygen atoms in total. The van der Waals surface area contributed by atoms with E-state index >= 15 is 0 Å². The van der Waals surface area contributed by atoms with Crippen LogP contribution in [0, 0.1) is 17.7 Å². The molecule has 1 saturated carbocycles. The van der Waals surface area contributed by atoms with E-state index in [1.54, 1.807) is 12.1 Å². The topological polar surface area (TPSA) is 3.24 Å². The summed E-state index contributed by atoms with van der Waals surface area (Å²) in [6.45, 7) is 2.47. The first-order valence-corrected chi connectivity index (χ1v) is 5.68. The van der Waals surface area contributed by atoms with Gasteiger partial charge in [0.25, 0.3) is 0 Å². The van der Waals surface area contributed by atoms with Crippen molar-refractivity contribution in [3.63, 3.8) is 0 Å². The Morgan fingerprint density at radius 3 is 2.60 bits per heavy atom. The highest BCUT2D eigenvalue weighted by Gasteiger charge is 2.46. The molecule has 1 saturated heterocycles. The average Bonchev–Trinajstić information content (AvgIpc) is 2.49. The second-order valence-corrected chi connectivity index (χ2v) is 5.04. The quantitative estimate of drug-likeness (QED) is 0.681. The van der Waals surface area contributed by atoms with Crippen molar-refractivity contribution in [2.75, 3.05) is 20.1 Å². The van der Waals surface area contributed by atoms with Gasteiger partial charge in [0, 0.05) is 13.1 Å². The molecule has 0 radical (unpaired) electrons. The number of likely N-dealkylation sites (tertiary alicyclic amines) is 1. The highest BCUT2D eigenvalue weighted by Crippen LogP contribution is 2.50. The molecule has 1 aliphatic carbocycles. The van der Waals surface area contributed by atoms with Crippen LogP contribution in [0.25, 0.3) is 0 Å². The average molecular weight is 205 g/mol. The van der Waals surface area contributed by atoms with Crippen molar-refractivity contribution < 1.29 is 4.39 Å². The molecule has 1 aromatic rings. The van der Waals surface area contributed by atoms with E-state index in [4.69, 9.17) is 0 Å². The minimum Gasteiger partial charge on any atom is -0.306 e. The van der Waals surface area contributed by atoms with Gasteiger partial charge in [-0.2, -0.15) is 0 Å². The van der Waals surface area contributed by atoms with Crippen LogP contribution in [0.15, 0.2) is 24.3 Å². The van der Waals surface area contributed by atoms with E-state index in [-0.39, 0.29) is 5.82 Å². The lowest BCUT2D eigenvalue weighted by molar-refractivity contribution is 0.191. The summed E-state index contributed by atoms with van der Waals surface area (Å²) in [5.74, 6) is 2.27. The van der Waals surface area contributed by atoms with Gasteiger partial charge in [0.2, 0.25) is 0 Å². The zero-order chi connectivity index (χ0) is 10.4. The Hall–Kier alpha value is -0.890. The number of hydrogen-bond acceptors (Lipinski definition) is 1. The molecule has 2 fully saturated rings. The van der Waals surface area contributed by atoms with E-state index < -0.39 is 0 Å². The van der Waals surface area contributed by atoms with Crippen LogP contribution in [0.2, 0.25) is 0 Å². The molecule has 2 aliphatic rings. The number of fused-ring (bicyclic) bond motifs is 1. The summed E-state index contributed by atoms with van der Waals surface area (Å²) in [4.78, 5) is 2.42. The molecule has 0 spiro atoms. The fourth-order valence-electron chi connectivity index (χ4n) is 3.22. The predicted octanol–water partition coefficient (Wildman–Crippen LogP) is 2.49. The number of benzene rings is 1. The number of hydrogen-bond donors (Lipinski definition) is 0. The maximum Gasteiger partial charge on any atom is 0.123 e. The molecule has 15 heavy (non-hydrogen) atoms. The molecule has 3 rings (SSSR count). The van der Waals surface area contributed by atoms with Gasteiger partial charge in [-0.15, -0.1) is 0 Å². The SMILES string of the molecule is CN1C[C@H]2CC(c3ccc(F)cc3)[C@H]2C1. The van der Waals surface area contributed by atoms with Crippen molar-refractivity contribution in [2.24, 2.45) is 11.8 Å².